The molecule has 0 aliphatic carbocycles. The second kappa shape index (κ2) is 10.6. The lowest BCUT2D eigenvalue weighted by Crippen LogP contribution is -2.34. The summed E-state index contributed by atoms with van der Waals surface area (Å²) in [4.78, 5) is 7.27. The molecule has 1 aromatic heterocycles. The summed E-state index contributed by atoms with van der Waals surface area (Å²) in [6.45, 7) is 12.8. The normalized spacial score (nSPS) is 13.1. The summed E-state index contributed by atoms with van der Waals surface area (Å²) in [6, 6.07) is 12.8. The predicted octanol–water partition coefficient (Wildman–Crippen LogP) is 6.66. The summed E-state index contributed by atoms with van der Waals surface area (Å²) in [7, 11) is 0. The average Bonchev–Trinajstić information content (AvgIpc) is 3.44. The maximum absolute atomic E-state index is 13.5. The van der Waals surface area contributed by atoms with Gasteiger partial charge in [-0.25, -0.2) is 9.37 Å². The standard InChI is InChI=1S/C28H36FN3O2/c1-5-7-14-32-24(16-30-27(32)22-9-11-23(29)12-10-22)18-31(19-28(3,4)6-2)17-21-8-13-25-26(15-21)34-20-33-25/h8-13,15-16H,5-7,14,17-20H2,1-4H3. The molecule has 0 unspecified atom stereocenters. The Bertz CT molecular complexity index is 1090. The second-order valence-electron chi connectivity index (χ2n) is 9.94. The van der Waals surface area contributed by atoms with Gasteiger partial charge in [0.1, 0.15) is 11.6 Å². The first-order valence-corrected chi connectivity index (χ1v) is 12.3. The molecule has 1 aliphatic rings. The molecular weight excluding hydrogens is 429 g/mol. The third kappa shape index (κ3) is 5.79. The van der Waals surface area contributed by atoms with Gasteiger partial charge in [-0.3, -0.25) is 4.90 Å². The SMILES string of the molecule is CCCCn1c(CN(Cc2ccc3c(c2)OCO3)CC(C)(C)CC)cnc1-c1ccc(F)cc1. The second-order valence-corrected chi connectivity index (χ2v) is 9.94. The van der Waals surface area contributed by atoms with Crippen molar-refractivity contribution in [3.63, 3.8) is 0 Å². The van der Waals surface area contributed by atoms with Crippen LogP contribution in [-0.4, -0.2) is 27.8 Å². The smallest absolute Gasteiger partial charge is 0.231 e. The van der Waals surface area contributed by atoms with Gasteiger partial charge in [0, 0.05) is 31.7 Å². The van der Waals surface area contributed by atoms with Crippen LogP contribution >= 0.6 is 0 Å². The largest absolute Gasteiger partial charge is 0.454 e. The zero-order chi connectivity index (χ0) is 24.1. The molecule has 4 rings (SSSR count). The Morgan fingerprint density at radius 3 is 2.53 bits per heavy atom. The fourth-order valence-corrected chi connectivity index (χ4v) is 4.34. The molecule has 0 saturated heterocycles. The summed E-state index contributed by atoms with van der Waals surface area (Å²) in [5, 5.41) is 0. The van der Waals surface area contributed by atoms with Gasteiger partial charge in [0.05, 0.1) is 11.9 Å². The third-order valence-electron chi connectivity index (χ3n) is 6.61. The number of imidazole rings is 1. The van der Waals surface area contributed by atoms with Crippen LogP contribution in [-0.2, 0) is 19.6 Å². The number of rotatable bonds is 11. The summed E-state index contributed by atoms with van der Waals surface area (Å²) in [5.74, 6) is 2.30. The van der Waals surface area contributed by atoms with Crippen LogP contribution in [0.1, 0.15) is 58.2 Å². The molecule has 2 aromatic carbocycles. The van der Waals surface area contributed by atoms with Crippen molar-refractivity contribution in [3.8, 4) is 22.9 Å². The van der Waals surface area contributed by atoms with Crippen LogP contribution in [0.4, 0.5) is 4.39 Å². The van der Waals surface area contributed by atoms with E-state index in [0.717, 1.165) is 68.3 Å². The molecule has 0 N–H and O–H groups in total. The number of hydrogen-bond donors (Lipinski definition) is 0. The van der Waals surface area contributed by atoms with Gasteiger partial charge in [0.15, 0.2) is 11.5 Å². The topological polar surface area (TPSA) is 39.5 Å². The number of hydrogen-bond acceptors (Lipinski definition) is 4. The van der Waals surface area contributed by atoms with E-state index >= 15 is 0 Å². The highest BCUT2D eigenvalue weighted by atomic mass is 19.1. The van der Waals surface area contributed by atoms with Crippen molar-refractivity contribution in [1.82, 2.24) is 14.5 Å². The van der Waals surface area contributed by atoms with E-state index in [0.29, 0.717) is 0 Å². The fraction of sp³-hybridized carbons (Fsp3) is 0.464. The molecule has 0 radical (unpaired) electrons. The fourth-order valence-electron chi connectivity index (χ4n) is 4.34. The molecule has 6 heteroatoms. The van der Waals surface area contributed by atoms with Crippen LogP contribution in [0.15, 0.2) is 48.7 Å². The highest BCUT2D eigenvalue weighted by molar-refractivity contribution is 5.56. The van der Waals surface area contributed by atoms with Crippen LogP contribution in [0, 0.1) is 11.2 Å². The number of aromatic nitrogens is 2. The molecule has 34 heavy (non-hydrogen) atoms. The zero-order valence-electron chi connectivity index (χ0n) is 20.8. The first-order chi connectivity index (χ1) is 16.4. The van der Waals surface area contributed by atoms with E-state index in [1.807, 2.05) is 24.4 Å². The van der Waals surface area contributed by atoms with Crippen molar-refractivity contribution in [2.75, 3.05) is 13.3 Å². The van der Waals surface area contributed by atoms with E-state index in [2.05, 4.69) is 49.3 Å². The van der Waals surface area contributed by atoms with Crippen molar-refractivity contribution in [2.24, 2.45) is 5.41 Å². The Balaban J connectivity index is 1.62. The van der Waals surface area contributed by atoms with Crippen molar-refractivity contribution >= 4 is 0 Å². The number of nitrogens with zero attached hydrogens (tertiary/aromatic N) is 3. The first kappa shape index (κ1) is 24.3. The minimum atomic E-state index is -0.229. The molecule has 0 amide bonds. The molecule has 0 saturated carbocycles. The predicted molar refractivity (Wildman–Crippen MR) is 133 cm³/mol. The number of unbranched alkanes of at least 4 members (excludes halogenated alkanes) is 1. The van der Waals surface area contributed by atoms with Crippen LogP contribution in [0.2, 0.25) is 0 Å². The molecule has 1 aliphatic heterocycles. The van der Waals surface area contributed by atoms with Gasteiger partial charge in [0.2, 0.25) is 6.79 Å². The summed E-state index contributed by atoms with van der Waals surface area (Å²) in [5.41, 5.74) is 3.51. The Morgan fingerprint density at radius 1 is 1.03 bits per heavy atom. The molecular formula is C28H36FN3O2. The molecule has 0 bridgehead atoms. The van der Waals surface area contributed by atoms with E-state index in [4.69, 9.17) is 14.5 Å². The molecule has 0 fully saturated rings. The number of halogens is 1. The lowest BCUT2D eigenvalue weighted by molar-refractivity contribution is 0.156. The van der Waals surface area contributed by atoms with Crippen LogP contribution < -0.4 is 9.47 Å². The van der Waals surface area contributed by atoms with Gasteiger partial charge in [-0.2, -0.15) is 0 Å². The van der Waals surface area contributed by atoms with Crippen LogP contribution in [0.5, 0.6) is 11.5 Å². The number of fused-ring (bicyclic) bond motifs is 1. The third-order valence-corrected chi connectivity index (χ3v) is 6.61. The quantitative estimate of drug-likeness (QED) is 0.318. The zero-order valence-corrected chi connectivity index (χ0v) is 20.8. The first-order valence-electron chi connectivity index (χ1n) is 12.3. The highest BCUT2D eigenvalue weighted by Crippen LogP contribution is 2.33. The monoisotopic (exact) mass is 465 g/mol. The summed E-state index contributed by atoms with van der Waals surface area (Å²) < 4.78 is 26.9. The molecule has 0 spiro atoms. The van der Waals surface area contributed by atoms with Crippen molar-refractivity contribution in [2.45, 2.75) is 66.6 Å². The minimum absolute atomic E-state index is 0.185. The van der Waals surface area contributed by atoms with Crippen molar-refractivity contribution < 1.29 is 13.9 Å². The van der Waals surface area contributed by atoms with Gasteiger partial charge >= 0.3 is 0 Å². The Hall–Kier alpha value is -2.86. The molecule has 182 valence electrons. The average molecular weight is 466 g/mol. The van der Waals surface area contributed by atoms with E-state index in [-0.39, 0.29) is 18.0 Å². The maximum Gasteiger partial charge on any atom is 0.231 e. The molecule has 0 atom stereocenters. The Labute approximate surface area is 202 Å². The van der Waals surface area contributed by atoms with Gasteiger partial charge in [-0.15, -0.1) is 0 Å². The molecule has 2 heterocycles. The van der Waals surface area contributed by atoms with E-state index in [1.165, 1.54) is 23.4 Å². The lowest BCUT2D eigenvalue weighted by atomic mass is 9.89. The summed E-state index contributed by atoms with van der Waals surface area (Å²) >= 11 is 0. The van der Waals surface area contributed by atoms with Gasteiger partial charge in [0.25, 0.3) is 0 Å². The van der Waals surface area contributed by atoms with Crippen molar-refractivity contribution in [3.05, 3.63) is 65.7 Å². The highest BCUT2D eigenvalue weighted by Gasteiger charge is 2.23. The number of ether oxygens (including phenoxy) is 2. The Morgan fingerprint density at radius 2 is 1.79 bits per heavy atom. The van der Waals surface area contributed by atoms with Crippen molar-refractivity contribution in [1.29, 1.82) is 0 Å². The Kier molecular flexibility index (Phi) is 7.57. The lowest BCUT2D eigenvalue weighted by Gasteiger charge is -2.32. The molecule has 5 nitrogen and oxygen atoms in total. The summed E-state index contributed by atoms with van der Waals surface area (Å²) in [6.07, 6.45) is 5.25. The number of benzene rings is 2. The molecule has 3 aromatic rings. The minimum Gasteiger partial charge on any atom is -0.454 e. The van der Waals surface area contributed by atoms with E-state index < -0.39 is 0 Å². The van der Waals surface area contributed by atoms with E-state index in [9.17, 15) is 4.39 Å². The van der Waals surface area contributed by atoms with Crippen LogP contribution in [0.25, 0.3) is 11.4 Å². The maximum atomic E-state index is 13.5. The van der Waals surface area contributed by atoms with Gasteiger partial charge < -0.3 is 14.0 Å². The van der Waals surface area contributed by atoms with Gasteiger partial charge in [-0.05, 0) is 60.2 Å². The van der Waals surface area contributed by atoms with E-state index in [1.54, 1.807) is 0 Å². The van der Waals surface area contributed by atoms with Crippen LogP contribution in [0.3, 0.4) is 0 Å². The van der Waals surface area contributed by atoms with Gasteiger partial charge in [-0.1, -0.05) is 40.2 Å².